The minimum absolute atomic E-state index is 0.150. The van der Waals surface area contributed by atoms with E-state index in [0.717, 1.165) is 12.8 Å². The van der Waals surface area contributed by atoms with E-state index in [9.17, 15) is 9.59 Å². The third-order valence-corrected chi connectivity index (χ3v) is 3.55. The molecule has 114 valence electrons. The zero-order valence-electron chi connectivity index (χ0n) is 12.2. The molecule has 6 nitrogen and oxygen atoms in total. The Morgan fingerprint density at radius 1 is 1.29 bits per heavy atom. The second-order valence-electron chi connectivity index (χ2n) is 5.23. The minimum Gasteiger partial charge on any atom is -0.466 e. The third kappa shape index (κ3) is 3.65. The van der Waals surface area contributed by atoms with Crippen molar-refractivity contribution in [2.24, 2.45) is 5.92 Å². The number of carbonyl (C=O) groups excluding carboxylic acids is 2. The molecule has 21 heavy (non-hydrogen) atoms. The van der Waals surface area contributed by atoms with Crippen molar-refractivity contribution in [2.75, 3.05) is 31.2 Å². The number of hydrogen-bond acceptors (Lipinski definition) is 5. The molecular weight excluding hydrogens is 270 g/mol. The maximum absolute atomic E-state index is 12.5. The van der Waals surface area contributed by atoms with Gasteiger partial charge in [-0.3, -0.25) is 9.59 Å². The van der Waals surface area contributed by atoms with E-state index in [1.165, 1.54) is 0 Å². The average molecular weight is 291 g/mol. The molecule has 1 aromatic carbocycles. The van der Waals surface area contributed by atoms with Gasteiger partial charge in [-0.1, -0.05) is 0 Å². The summed E-state index contributed by atoms with van der Waals surface area (Å²) in [5.41, 5.74) is 12.8. The molecule has 0 aromatic heterocycles. The summed E-state index contributed by atoms with van der Waals surface area (Å²) in [6, 6.07) is 4.81. The molecule has 0 saturated carbocycles. The molecule has 1 amide bonds. The number of anilines is 2. The van der Waals surface area contributed by atoms with Crippen molar-refractivity contribution >= 4 is 23.3 Å². The lowest BCUT2D eigenvalue weighted by atomic mass is 9.97. The van der Waals surface area contributed by atoms with Crippen LogP contribution in [-0.2, 0) is 9.53 Å². The first-order valence-corrected chi connectivity index (χ1v) is 7.13. The first-order valence-electron chi connectivity index (χ1n) is 7.13. The fourth-order valence-corrected chi connectivity index (χ4v) is 2.60. The van der Waals surface area contributed by atoms with Crippen molar-refractivity contribution in [3.05, 3.63) is 23.8 Å². The quantitative estimate of drug-likeness (QED) is 0.645. The van der Waals surface area contributed by atoms with E-state index in [1.807, 2.05) is 0 Å². The number of nitrogen functional groups attached to an aromatic ring is 2. The van der Waals surface area contributed by atoms with E-state index in [-0.39, 0.29) is 17.8 Å². The molecule has 1 unspecified atom stereocenters. The van der Waals surface area contributed by atoms with Crippen LogP contribution in [0.15, 0.2) is 18.2 Å². The predicted molar refractivity (Wildman–Crippen MR) is 80.5 cm³/mol. The lowest BCUT2D eigenvalue weighted by Gasteiger charge is -2.31. The van der Waals surface area contributed by atoms with E-state index in [4.69, 9.17) is 16.2 Å². The maximum atomic E-state index is 12.5. The highest BCUT2D eigenvalue weighted by atomic mass is 16.5. The zero-order chi connectivity index (χ0) is 15.4. The molecule has 1 aromatic rings. The number of rotatable bonds is 3. The normalized spacial score (nSPS) is 18.3. The first kappa shape index (κ1) is 15.2. The molecule has 2 rings (SSSR count). The van der Waals surface area contributed by atoms with Crippen LogP contribution >= 0.6 is 0 Å². The number of amides is 1. The van der Waals surface area contributed by atoms with Gasteiger partial charge in [-0.05, 0) is 38.0 Å². The Morgan fingerprint density at radius 3 is 2.57 bits per heavy atom. The van der Waals surface area contributed by atoms with Gasteiger partial charge < -0.3 is 21.1 Å². The van der Waals surface area contributed by atoms with Crippen LogP contribution in [0, 0.1) is 5.92 Å². The molecule has 0 bridgehead atoms. The Bertz CT molecular complexity index is 525. The second kappa shape index (κ2) is 6.47. The van der Waals surface area contributed by atoms with Crippen molar-refractivity contribution in [1.29, 1.82) is 0 Å². The number of ether oxygens (including phenoxy) is 1. The Balaban J connectivity index is 2.10. The van der Waals surface area contributed by atoms with Crippen LogP contribution in [0.1, 0.15) is 30.1 Å². The van der Waals surface area contributed by atoms with Crippen molar-refractivity contribution in [1.82, 2.24) is 4.90 Å². The molecule has 0 radical (unpaired) electrons. The van der Waals surface area contributed by atoms with Gasteiger partial charge in [0.05, 0.1) is 12.5 Å². The molecular formula is C15H21N3O3. The summed E-state index contributed by atoms with van der Waals surface area (Å²) >= 11 is 0. The van der Waals surface area contributed by atoms with Gasteiger partial charge in [0.2, 0.25) is 0 Å². The molecule has 6 heteroatoms. The number of carbonyl (C=O) groups is 2. The number of hydrogen-bond donors (Lipinski definition) is 2. The lowest BCUT2D eigenvalue weighted by molar-refractivity contribution is -0.149. The largest absolute Gasteiger partial charge is 0.466 e. The van der Waals surface area contributed by atoms with E-state index in [0.29, 0.717) is 36.6 Å². The molecule has 1 saturated heterocycles. The van der Waals surface area contributed by atoms with Crippen LogP contribution in [-0.4, -0.2) is 36.5 Å². The molecule has 1 fully saturated rings. The monoisotopic (exact) mass is 291 g/mol. The SMILES string of the molecule is CCOC(=O)C1CCCN(C(=O)c2cc(N)cc(N)c2)C1. The van der Waals surface area contributed by atoms with Gasteiger partial charge in [0.1, 0.15) is 0 Å². The fraction of sp³-hybridized carbons (Fsp3) is 0.467. The van der Waals surface area contributed by atoms with Crippen molar-refractivity contribution in [3.8, 4) is 0 Å². The summed E-state index contributed by atoms with van der Waals surface area (Å²) in [6.45, 7) is 3.14. The molecule has 0 spiro atoms. The Kier molecular flexibility index (Phi) is 4.67. The van der Waals surface area contributed by atoms with Gasteiger partial charge >= 0.3 is 5.97 Å². The van der Waals surface area contributed by atoms with Crippen molar-refractivity contribution in [3.63, 3.8) is 0 Å². The molecule has 1 heterocycles. The first-order chi connectivity index (χ1) is 10.0. The number of piperidine rings is 1. The van der Waals surface area contributed by atoms with E-state index >= 15 is 0 Å². The van der Waals surface area contributed by atoms with Gasteiger partial charge in [-0.25, -0.2) is 0 Å². The highest BCUT2D eigenvalue weighted by Crippen LogP contribution is 2.22. The molecule has 0 aliphatic carbocycles. The van der Waals surface area contributed by atoms with E-state index in [1.54, 1.807) is 30.0 Å². The predicted octanol–water partition coefficient (Wildman–Crippen LogP) is 1.27. The molecule has 4 N–H and O–H groups in total. The third-order valence-electron chi connectivity index (χ3n) is 3.55. The molecule has 1 atom stereocenters. The number of nitrogens with two attached hydrogens (primary N) is 2. The second-order valence-corrected chi connectivity index (χ2v) is 5.23. The van der Waals surface area contributed by atoms with Gasteiger partial charge in [-0.15, -0.1) is 0 Å². The van der Waals surface area contributed by atoms with Crippen molar-refractivity contribution in [2.45, 2.75) is 19.8 Å². The summed E-state index contributed by atoms with van der Waals surface area (Å²) in [5.74, 6) is -0.633. The number of likely N-dealkylation sites (tertiary alicyclic amines) is 1. The van der Waals surface area contributed by atoms with Crippen LogP contribution in [0.2, 0.25) is 0 Å². The van der Waals surface area contributed by atoms with Gasteiger partial charge in [-0.2, -0.15) is 0 Å². The highest BCUT2D eigenvalue weighted by Gasteiger charge is 2.29. The summed E-state index contributed by atoms with van der Waals surface area (Å²) in [7, 11) is 0. The van der Waals surface area contributed by atoms with Crippen LogP contribution in [0.5, 0.6) is 0 Å². The van der Waals surface area contributed by atoms with E-state index < -0.39 is 0 Å². The summed E-state index contributed by atoms with van der Waals surface area (Å²) in [5, 5.41) is 0. The molecule has 1 aliphatic rings. The van der Waals surface area contributed by atoms with Crippen molar-refractivity contribution < 1.29 is 14.3 Å². The average Bonchev–Trinajstić information content (AvgIpc) is 2.46. The smallest absolute Gasteiger partial charge is 0.310 e. The van der Waals surface area contributed by atoms with Crippen LogP contribution in [0.3, 0.4) is 0 Å². The lowest BCUT2D eigenvalue weighted by Crippen LogP contribution is -2.42. The van der Waals surface area contributed by atoms with E-state index in [2.05, 4.69) is 0 Å². The summed E-state index contributed by atoms with van der Waals surface area (Å²) in [4.78, 5) is 26.0. The van der Waals surface area contributed by atoms with Crippen LogP contribution < -0.4 is 11.5 Å². The standard InChI is InChI=1S/C15H21N3O3/c1-2-21-15(20)10-4-3-5-18(9-10)14(19)11-6-12(16)8-13(17)7-11/h6-8,10H,2-5,9,16-17H2,1H3. The Hall–Kier alpha value is -2.24. The summed E-state index contributed by atoms with van der Waals surface area (Å²) in [6.07, 6.45) is 1.54. The van der Waals surface area contributed by atoms with Gasteiger partial charge in [0, 0.05) is 30.0 Å². The zero-order valence-corrected chi connectivity index (χ0v) is 12.2. The van der Waals surface area contributed by atoms with Crippen LogP contribution in [0.4, 0.5) is 11.4 Å². The number of nitrogens with zero attached hydrogens (tertiary/aromatic N) is 1. The van der Waals surface area contributed by atoms with Crippen LogP contribution in [0.25, 0.3) is 0 Å². The minimum atomic E-state index is -0.249. The number of esters is 1. The fourth-order valence-electron chi connectivity index (χ4n) is 2.60. The summed E-state index contributed by atoms with van der Waals surface area (Å²) < 4.78 is 5.04. The molecule has 1 aliphatic heterocycles. The Labute approximate surface area is 124 Å². The maximum Gasteiger partial charge on any atom is 0.310 e. The number of benzene rings is 1. The Morgan fingerprint density at radius 2 is 1.95 bits per heavy atom. The van der Waals surface area contributed by atoms with Gasteiger partial charge in [0.25, 0.3) is 5.91 Å². The topological polar surface area (TPSA) is 98.6 Å². The highest BCUT2D eigenvalue weighted by molar-refractivity contribution is 5.96. The van der Waals surface area contributed by atoms with Gasteiger partial charge in [0.15, 0.2) is 0 Å².